The van der Waals surface area contributed by atoms with Crippen molar-refractivity contribution in [3.05, 3.63) is 71.0 Å². The van der Waals surface area contributed by atoms with Gasteiger partial charge in [-0.2, -0.15) is 4.98 Å². The Kier molecular flexibility index (Phi) is 6.85. The lowest BCUT2D eigenvalue weighted by molar-refractivity contribution is -0.135. The minimum Gasteiger partial charge on any atom is -0.345 e. The van der Waals surface area contributed by atoms with E-state index in [1.54, 1.807) is 18.0 Å². The van der Waals surface area contributed by atoms with E-state index in [1.807, 2.05) is 53.4 Å². The zero-order valence-corrected chi connectivity index (χ0v) is 18.7. The highest BCUT2D eigenvalue weighted by Crippen LogP contribution is 2.26. The molecule has 1 aliphatic rings. The van der Waals surface area contributed by atoms with Crippen LogP contribution in [0, 0.1) is 5.92 Å². The summed E-state index contributed by atoms with van der Waals surface area (Å²) in [6, 6.07) is 16.5. The number of hydrogen-bond acceptors (Lipinski definition) is 5. The number of likely N-dealkylation sites (N-methyl/N-ethyl adjacent to an activating group) is 1. The Morgan fingerprint density at radius 1 is 1.09 bits per heavy atom. The van der Waals surface area contributed by atoms with Crippen LogP contribution in [0.1, 0.15) is 29.0 Å². The first-order valence-corrected chi connectivity index (χ1v) is 11.1. The largest absolute Gasteiger partial charge is 0.345 e. The monoisotopic (exact) mass is 452 g/mol. The van der Waals surface area contributed by atoms with Gasteiger partial charge in [-0.3, -0.25) is 9.59 Å². The van der Waals surface area contributed by atoms with E-state index in [2.05, 4.69) is 10.1 Å². The van der Waals surface area contributed by atoms with Crippen molar-refractivity contribution in [3.8, 4) is 11.5 Å². The van der Waals surface area contributed by atoms with Gasteiger partial charge in [-0.25, -0.2) is 0 Å². The van der Waals surface area contributed by atoms with Gasteiger partial charge in [0.1, 0.15) is 0 Å². The van der Waals surface area contributed by atoms with E-state index in [1.165, 1.54) is 0 Å². The van der Waals surface area contributed by atoms with E-state index in [4.69, 9.17) is 16.1 Å². The summed E-state index contributed by atoms with van der Waals surface area (Å²) in [6.07, 6.45) is 1.82. The Bertz CT molecular complexity index is 1080. The van der Waals surface area contributed by atoms with E-state index in [0.717, 1.165) is 0 Å². The molecular formula is C24H25ClN4O3. The van der Waals surface area contributed by atoms with Gasteiger partial charge >= 0.3 is 0 Å². The lowest BCUT2D eigenvalue weighted by atomic mass is 9.95. The van der Waals surface area contributed by atoms with Crippen molar-refractivity contribution in [1.29, 1.82) is 0 Å². The van der Waals surface area contributed by atoms with E-state index < -0.39 is 0 Å². The molecule has 4 rings (SSSR count). The van der Waals surface area contributed by atoms with Crippen LogP contribution < -0.4 is 0 Å². The third kappa shape index (κ3) is 4.99. The molecule has 0 spiro atoms. The molecule has 0 radical (unpaired) electrons. The molecule has 1 saturated heterocycles. The third-order valence-electron chi connectivity index (χ3n) is 5.77. The molecule has 32 heavy (non-hydrogen) atoms. The van der Waals surface area contributed by atoms with Crippen LogP contribution >= 0.6 is 11.6 Å². The van der Waals surface area contributed by atoms with Crippen LogP contribution in [-0.4, -0.2) is 58.4 Å². The Morgan fingerprint density at radius 3 is 2.50 bits per heavy atom. The lowest BCUT2D eigenvalue weighted by Crippen LogP contribution is -2.43. The highest BCUT2D eigenvalue weighted by Gasteiger charge is 2.29. The molecule has 0 saturated carbocycles. The summed E-state index contributed by atoms with van der Waals surface area (Å²) in [5.41, 5.74) is 1.37. The lowest BCUT2D eigenvalue weighted by Gasteiger charge is -2.33. The van der Waals surface area contributed by atoms with Crippen LogP contribution in [0.2, 0.25) is 5.02 Å². The first-order valence-electron chi connectivity index (χ1n) is 10.7. The van der Waals surface area contributed by atoms with E-state index in [-0.39, 0.29) is 17.7 Å². The van der Waals surface area contributed by atoms with Crippen molar-refractivity contribution in [2.45, 2.75) is 19.3 Å². The van der Waals surface area contributed by atoms with E-state index >= 15 is 0 Å². The predicted octanol–water partition coefficient (Wildman–Crippen LogP) is 3.94. The fourth-order valence-corrected chi connectivity index (χ4v) is 4.10. The molecule has 7 nitrogen and oxygen atoms in total. The van der Waals surface area contributed by atoms with Crippen molar-refractivity contribution in [3.63, 3.8) is 0 Å². The minimum absolute atomic E-state index is 0.0243. The summed E-state index contributed by atoms with van der Waals surface area (Å²) < 4.78 is 5.32. The van der Waals surface area contributed by atoms with E-state index in [9.17, 15) is 9.59 Å². The molecule has 0 bridgehead atoms. The van der Waals surface area contributed by atoms with Gasteiger partial charge < -0.3 is 14.3 Å². The molecule has 1 aromatic heterocycles. The third-order valence-corrected chi connectivity index (χ3v) is 6.10. The van der Waals surface area contributed by atoms with Gasteiger partial charge in [0.2, 0.25) is 5.91 Å². The molecule has 3 aromatic rings. The number of carbonyl (C=O) groups is 2. The van der Waals surface area contributed by atoms with Gasteiger partial charge in [-0.15, -0.1) is 0 Å². The summed E-state index contributed by atoms with van der Waals surface area (Å²) in [6.45, 7) is 1.66. The maximum atomic E-state index is 12.9. The Hall–Kier alpha value is -3.19. The number of piperidine rings is 1. The van der Waals surface area contributed by atoms with Gasteiger partial charge in [-0.1, -0.05) is 47.1 Å². The van der Waals surface area contributed by atoms with Crippen LogP contribution in [0.3, 0.4) is 0 Å². The highest BCUT2D eigenvalue weighted by atomic mass is 35.5. The summed E-state index contributed by atoms with van der Waals surface area (Å²) in [5, 5.41) is 4.56. The van der Waals surface area contributed by atoms with Gasteiger partial charge in [-0.05, 0) is 37.1 Å². The molecule has 0 atom stereocenters. The zero-order chi connectivity index (χ0) is 22.5. The van der Waals surface area contributed by atoms with Crippen LogP contribution in [-0.2, 0) is 11.2 Å². The maximum Gasteiger partial charge on any atom is 0.259 e. The zero-order valence-electron chi connectivity index (χ0n) is 17.9. The molecule has 8 heteroatoms. The number of carbonyl (C=O) groups excluding carboxylic acids is 2. The van der Waals surface area contributed by atoms with Crippen LogP contribution in [0.5, 0.6) is 0 Å². The standard InChI is InChI=1S/C24H25ClN4O3/c1-28(14-13-21-26-22(32-27-21)19-9-5-6-10-20(19)25)23(30)18-11-15-29(16-12-18)24(31)17-7-3-2-4-8-17/h2-10,18H,11-16H2,1H3. The fraction of sp³-hybridized carbons (Fsp3) is 0.333. The number of amides is 2. The first kappa shape index (κ1) is 22.0. The van der Waals surface area contributed by atoms with Gasteiger partial charge in [0.25, 0.3) is 11.8 Å². The number of benzene rings is 2. The number of aromatic nitrogens is 2. The highest BCUT2D eigenvalue weighted by molar-refractivity contribution is 6.33. The van der Waals surface area contributed by atoms with Gasteiger partial charge in [0, 0.05) is 44.6 Å². The normalized spacial score (nSPS) is 14.4. The topological polar surface area (TPSA) is 79.5 Å². The number of nitrogens with zero attached hydrogens (tertiary/aromatic N) is 4. The molecule has 2 heterocycles. The quantitative estimate of drug-likeness (QED) is 0.566. The summed E-state index contributed by atoms with van der Waals surface area (Å²) in [7, 11) is 1.79. The molecule has 2 amide bonds. The SMILES string of the molecule is CN(CCc1noc(-c2ccccc2Cl)n1)C(=O)C1CCN(C(=O)c2ccccc2)CC1. The molecule has 2 aromatic carbocycles. The summed E-state index contributed by atoms with van der Waals surface area (Å²) in [5.74, 6) is 0.935. The van der Waals surface area contributed by atoms with Crippen molar-refractivity contribution >= 4 is 23.4 Å². The maximum absolute atomic E-state index is 12.9. The molecule has 0 N–H and O–H groups in total. The number of hydrogen-bond donors (Lipinski definition) is 0. The average Bonchev–Trinajstić information content (AvgIpc) is 3.31. The predicted molar refractivity (Wildman–Crippen MR) is 121 cm³/mol. The van der Waals surface area contributed by atoms with Crippen molar-refractivity contribution < 1.29 is 14.1 Å². The molecule has 1 aliphatic heterocycles. The number of likely N-dealkylation sites (tertiary alicyclic amines) is 1. The minimum atomic E-state index is -0.0798. The molecule has 1 fully saturated rings. The van der Waals surface area contributed by atoms with Crippen molar-refractivity contribution in [2.75, 3.05) is 26.7 Å². The summed E-state index contributed by atoms with van der Waals surface area (Å²) >= 11 is 6.18. The smallest absolute Gasteiger partial charge is 0.259 e. The molecular weight excluding hydrogens is 428 g/mol. The summed E-state index contributed by atoms with van der Waals surface area (Å²) in [4.78, 5) is 33.4. The second-order valence-electron chi connectivity index (χ2n) is 7.94. The van der Waals surface area contributed by atoms with Gasteiger partial charge in [0.15, 0.2) is 5.82 Å². The molecule has 166 valence electrons. The number of rotatable bonds is 6. The fourth-order valence-electron chi connectivity index (χ4n) is 3.88. The second kappa shape index (κ2) is 9.96. The van der Waals surface area contributed by atoms with Crippen LogP contribution in [0.25, 0.3) is 11.5 Å². The van der Waals surface area contributed by atoms with Crippen LogP contribution in [0.4, 0.5) is 0 Å². The van der Waals surface area contributed by atoms with E-state index in [0.29, 0.717) is 66.8 Å². The first-order chi connectivity index (χ1) is 15.5. The average molecular weight is 453 g/mol. The van der Waals surface area contributed by atoms with Gasteiger partial charge in [0.05, 0.1) is 10.6 Å². The molecule has 0 unspecified atom stereocenters. The number of halogens is 1. The van der Waals surface area contributed by atoms with Crippen LogP contribution in [0.15, 0.2) is 59.1 Å². The Balaban J connectivity index is 1.27. The van der Waals surface area contributed by atoms with Crippen molar-refractivity contribution in [2.24, 2.45) is 5.92 Å². The van der Waals surface area contributed by atoms with Crippen molar-refractivity contribution in [1.82, 2.24) is 19.9 Å². The Morgan fingerprint density at radius 2 is 1.78 bits per heavy atom. The Labute approximate surface area is 192 Å². The second-order valence-corrected chi connectivity index (χ2v) is 8.35. The molecule has 0 aliphatic carbocycles.